The van der Waals surface area contributed by atoms with Crippen molar-refractivity contribution in [2.24, 2.45) is 4.99 Å². The minimum atomic E-state index is 0.197. The van der Waals surface area contributed by atoms with Crippen molar-refractivity contribution in [1.82, 2.24) is 5.32 Å². The zero-order valence-electron chi connectivity index (χ0n) is 10.8. The van der Waals surface area contributed by atoms with Crippen LogP contribution in [0.2, 0.25) is 0 Å². The van der Waals surface area contributed by atoms with E-state index in [-0.39, 0.29) is 5.41 Å². The van der Waals surface area contributed by atoms with Crippen molar-refractivity contribution in [3.63, 3.8) is 0 Å². The zero-order chi connectivity index (χ0) is 12.1. The first-order chi connectivity index (χ1) is 8.18. The van der Waals surface area contributed by atoms with E-state index >= 15 is 0 Å². The number of amidine groups is 1. The summed E-state index contributed by atoms with van der Waals surface area (Å²) in [4.78, 5) is 6.06. The summed E-state index contributed by atoms with van der Waals surface area (Å²) < 4.78 is 0. The minimum absolute atomic E-state index is 0.197. The Hall–Kier alpha value is -0.830. The maximum absolute atomic E-state index is 4.62. The Morgan fingerprint density at radius 2 is 2.24 bits per heavy atom. The Morgan fingerprint density at radius 1 is 1.35 bits per heavy atom. The molecule has 0 atom stereocenters. The van der Waals surface area contributed by atoms with Crippen LogP contribution in [0.25, 0.3) is 0 Å². The second kappa shape index (κ2) is 5.67. The first kappa shape index (κ1) is 12.6. The fraction of sp³-hybridized carbons (Fsp3) is 0.643. The Balaban J connectivity index is 1.90. The van der Waals surface area contributed by atoms with Crippen LogP contribution in [0, 0.1) is 0 Å². The lowest BCUT2D eigenvalue weighted by molar-refractivity contribution is 0.520. The van der Waals surface area contributed by atoms with E-state index in [2.05, 4.69) is 41.7 Å². The van der Waals surface area contributed by atoms with Crippen LogP contribution >= 0.6 is 11.3 Å². The minimum Gasteiger partial charge on any atom is -0.373 e. The van der Waals surface area contributed by atoms with E-state index in [0.717, 1.165) is 19.5 Å². The molecule has 2 heterocycles. The van der Waals surface area contributed by atoms with Gasteiger partial charge in [0, 0.05) is 29.8 Å². The van der Waals surface area contributed by atoms with Crippen LogP contribution in [0.3, 0.4) is 0 Å². The van der Waals surface area contributed by atoms with E-state index in [1.54, 1.807) is 0 Å². The molecule has 0 unspecified atom stereocenters. The number of hydrogen-bond donors (Lipinski definition) is 1. The van der Waals surface area contributed by atoms with E-state index in [1.165, 1.54) is 30.0 Å². The third kappa shape index (κ3) is 3.56. The predicted molar refractivity (Wildman–Crippen MR) is 76.1 cm³/mol. The Labute approximate surface area is 108 Å². The maximum Gasteiger partial charge on any atom is 0.0963 e. The normalized spacial score (nSPS) is 17.4. The van der Waals surface area contributed by atoms with Gasteiger partial charge in [0.05, 0.1) is 5.84 Å². The molecule has 1 aliphatic rings. The van der Waals surface area contributed by atoms with Crippen LogP contribution in [-0.2, 0) is 5.41 Å². The summed E-state index contributed by atoms with van der Waals surface area (Å²) in [6, 6.07) is 4.35. The van der Waals surface area contributed by atoms with E-state index in [0.29, 0.717) is 0 Å². The van der Waals surface area contributed by atoms with Gasteiger partial charge in [-0.05, 0) is 24.3 Å². The summed E-state index contributed by atoms with van der Waals surface area (Å²) in [5.74, 6) is 1.21. The molecule has 3 heteroatoms. The van der Waals surface area contributed by atoms with Crippen molar-refractivity contribution < 1.29 is 0 Å². The smallest absolute Gasteiger partial charge is 0.0963 e. The molecular formula is C14H22N2S. The van der Waals surface area contributed by atoms with Crippen LogP contribution < -0.4 is 5.32 Å². The monoisotopic (exact) mass is 250 g/mol. The third-order valence-corrected chi connectivity index (χ3v) is 4.53. The lowest BCUT2D eigenvalue weighted by Gasteiger charge is -2.24. The zero-order valence-corrected chi connectivity index (χ0v) is 11.6. The molecule has 0 spiro atoms. The van der Waals surface area contributed by atoms with Crippen LogP contribution in [-0.4, -0.2) is 18.9 Å². The molecule has 2 nitrogen and oxygen atoms in total. The average molecular weight is 250 g/mol. The molecule has 0 fully saturated rings. The van der Waals surface area contributed by atoms with Crippen molar-refractivity contribution in [2.45, 2.75) is 44.9 Å². The van der Waals surface area contributed by atoms with Crippen LogP contribution in [0.1, 0.15) is 44.4 Å². The van der Waals surface area contributed by atoms with Gasteiger partial charge in [-0.15, -0.1) is 11.3 Å². The van der Waals surface area contributed by atoms with Crippen molar-refractivity contribution in [3.8, 4) is 0 Å². The molecule has 0 aliphatic carbocycles. The molecule has 0 radical (unpaired) electrons. The summed E-state index contributed by atoms with van der Waals surface area (Å²) >= 11 is 1.84. The predicted octanol–water partition coefficient (Wildman–Crippen LogP) is 3.59. The number of nitrogens with zero attached hydrogens (tertiary/aromatic N) is 1. The molecule has 0 saturated carbocycles. The second-order valence-corrected chi connectivity index (χ2v) is 6.30. The number of rotatable bonds is 3. The van der Waals surface area contributed by atoms with Gasteiger partial charge in [0.15, 0.2) is 0 Å². The van der Waals surface area contributed by atoms with Crippen LogP contribution in [0.5, 0.6) is 0 Å². The highest BCUT2D eigenvalue weighted by molar-refractivity contribution is 7.10. The fourth-order valence-electron chi connectivity index (χ4n) is 2.09. The Bertz CT molecular complexity index is 366. The summed E-state index contributed by atoms with van der Waals surface area (Å²) in [6.45, 7) is 6.57. The second-order valence-electron chi connectivity index (χ2n) is 5.35. The van der Waals surface area contributed by atoms with Gasteiger partial charge >= 0.3 is 0 Å². The number of aliphatic imine (C=N–C) groups is 1. The number of thiophene rings is 1. The Morgan fingerprint density at radius 3 is 3.00 bits per heavy atom. The topological polar surface area (TPSA) is 24.4 Å². The number of hydrogen-bond acceptors (Lipinski definition) is 3. The van der Waals surface area contributed by atoms with Gasteiger partial charge in [-0.2, -0.15) is 0 Å². The van der Waals surface area contributed by atoms with Crippen molar-refractivity contribution in [1.29, 1.82) is 0 Å². The van der Waals surface area contributed by atoms with E-state index < -0.39 is 0 Å². The lowest BCUT2D eigenvalue weighted by Crippen LogP contribution is -2.36. The molecule has 2 rings (SSSR count). The highest BCUT2D eigenvalue weighted by Crippen LogP contribution is 2.26. The SMILES string of the molecule is CC(C)(CNC1=NCCCCC1)c1cccs1. The first-order valence-electron chi connectivity index (χ1n) is 6.50. The largest absolute Gasteiger partial charge is 0.373 e. The summed E-state index contributed by atoms with van der Waals surface area (Å²) in [7, 11) is 0. The van der Waals surface area contributed by atoms with Crippen molar-refractivity contribution in [3.05, 3.63) is 22.4 Å². The van der Waals surface area contributed by atoms with Crippen LogP contribution in [0.15, 0.2) is 22.5 Å². The van der Waals surface area contributed by atoms with Gasteiger partial charge < -0.3 is 5.32 Å². The van der Waals surface area contributed by atoms with Gasteiger partial charge in [-0.25, -0.2) is 0 Å². The van der Waals surface area contributed by atoms with Gasteiger partial charge in [0.1, 0.15) is 0 Å². The number of nitrogens with one attached hydrogen (secondary N) is 1. The third-order valence-electron chi connectivity index (χ3n) is 3.30. The summed E-state index contributed by atoms with van der Waals surface area (Å²) in [5, 5.41) is 5.70. The molecule has 1 N–H and O–H groups in total. The Kier molecular flexibility index (Phi) is 4.21. The maximum atomic E-state index is 4.62. The van der Waals surface area contributed by atoms with E-state index in [9.17, 15) is 0 Å². The molecule has 94 valence electrons. The molecule has 0 aromatic carbocycles. The quantitative estimate of drug-likeness (QED) is 0.871. The molecule has 17 heavy (non-hydrogen) atoms. The van der Waals surface area contributed by atoms with Crippen LogP contribution in [0.4, 0.5) is 0 Å². The van der Waals surface area contributed by atoms with Gasteiger partial charge in [-0.3, -0.25) is 4.99 Å². The van der Waals surface area contributed by atoms with E-state index in [4.69, 9.17) is 0 Å². The molecular weight excluding hydrogens is 228 g/mol. The fourth-order valence-corrected chi connectivity index (χ4v) is 2.94. The van der Waals surface area contributed by atoms with Crippen molar-refractivity contribution >= 4 is 17.2 Å². The highest BCUT2D eigenvalue weighted by atomic mass is 32.1. The molecule has 0 bridgehead atoms. The van der Waals surface area contributed by atoms with Gasteiger partial charge in [0.2, 0.25) is 0 Å². The molecule has 1 aromatic rings. The van der Waals surface area contributed by atoms with Crippen molar-refractivity contribution in [2.75, 3.05) is 13.1 Å². The molecule has 1 aliphatic heterocycles. The molecule has 0 saturated heterocycles. The first-order valence-corrected chi connectivity index (χ1v) is 7.38. The van der Waals surface area contributed by atoms with Gasteiger partial charge in [0.25, 0.3) is 0 Å². The standard InChI is InChI=1S/C14H22N2S/c1-14(2,12-7-6-10-17-12)11-16-13-8-4-3-5-9-15-13/h6-7,10H,3-5,8-9,11H2,1-2H3,(H,15,16). The summed E-state index contributed by atoms with van der Waals surface area (Å²) in [5.41, 5.74) is 0.197. The molecule has 1 aromatic heterocycles. The molecule has 0 amide bonds. The van der Waals surface area contributed by atoms with E-state index in [1.807, 2.05) is 11.3 Å². The average Bonchev–Trinajstić information content (AvgIpc) is 2.72. The highest BCUT2D eigenvalue weighted by Gasteiger charge is 2.21. The summed E-state index contributed by atoms with van der Waals surface area (Å²) in [6.07, 6.45) is 4.98. The van der Waals surface area contributed by atoms with Gasteiger partial charge in [-0.1, -0.05) is 26.3 Å². The lowest BCUT2D eigenvalue weighted by atomic mass is 9.91.